The summed E-state index contributed by atoms with van der Waals surface area (Å²) in [6, 6.07) is 19.4. The molecule has 6 heteroatoms. The summed E-state index contributed by atoms with van der Waals surface area (Å²) in [5, 5.41) is 3.06. The molecule has 1 aliphatic heterocycles. The summed E-state index contributed by atoms with van der Waals surface area (Å²) in [6.07, 6.45) is 2.24. The maximum absolute atomic E-state index is 13.8. The van der Waals surface area contributed by atoms with Crippen molar-refractivity contribution in [3.63, 3.8) is 0 Å². The summed E-state index contributed by atoms with van der Waals surface area (Å²) in [7, 11) is 1.46. The van der Waals surface area contributed by atoms with Gasteiger partial charge in [0.05, 0.1) is 31.9 Å². The first-order chi connectivity index (χ1) is 15.6. The molecule has 0 aliphatic carbocycles. The number of carbonyl (C=O) groups is 1. The number of rotatable bonds is 7. The van der Waals surface area contributed by atoms with Crippen LogP contribution in [0.15, 0.2) is 66.7 Å². The minimum absolute atomic E-state index is 0.159. The van der Waals surface area contributed by atoms with Gasteiger partial charge in [0.25, 0.3) is 5.91 Å². The van der Waals surface area contributed by atoms with Gasteiger partial charge in [-0.15, -0.1) is 0 Å². The van der Waals surface area contributed by atoms with Crippen molar-refractivity contribution in [2.24, 2.45) is 0 Å². The van der Waals surface area contributed by atoms with Crippen LogP contribution in [0.4, 0.5) is 4.39 Å². The van der Waals surface area contributed by atoms with E-state index in [1.165, 1.54) is 30.9 Å². The summed E-state index contributed by atoms with van der Waals surface area (Å²) >= 11 is 0. The molecular formula is C26H26FNO4. The maximum Gasteiger partial charge on any atom is 0.255 e. The third-order valence-electron chi connectivity index (χ3n) is 5.45. The quantitative estimate of drug-likeness (QED) is 0.561. The lowest BCUT2D eigenvalue weighted by atomic mass is 9.98. The first-order valence-corrected chi connectivity index (χ1v) is 10.7. The number of fused-ring (bicyclic) bond motifs is 1. The number of hydrogen-bond acceptors (Lipinski definition) is 4. The lowest BCUT2D eigenvalue weighted by Gasteiger charge is -2.21. The molecule has 1 aliphatic rings. The molecule has 3 aromatic carbocycles. The van der Waals surface area contributed by atoms with Gasteiger partial charge in [0, 0.05) is 6.42 Å². The second-order valence-corrected chi connectivity index (χ2v) is 7.65. The number of nitrogens with one attached hydrogen (secondary N) is 1. The Morgan fingerprint density at radius 2 is 1.81 bits per heavy atom. The van der Waals surface area contributed by atoms with E-state index in [4.69, 9.17) is 14.2 Å². The summed E-state index contributed by atoms with van der Waals surface area (Å²) in [5.74, 6) is 0.803. The molecule has 0 radical (unpaired) electrons. The van der Waals surface area contributed by atoms with Crippen molar-refractivity contribution in [3.05, 3.63) is 89.2 Å². The largest absolute Gasteiger partial charge is 0.496 e. The Bertz CT molecular complexity index is 1070. The molecule has 0 saturated heterocycles. The van der Waals surface area contributed by atoms with E-state index in [0.29, 0.717) is 36.9 Å². The molecule has 1 unspecified atom stereocenters. The minimum Gasteiger partial charge on any atom is -0.496 e. The topological polar surface area (TPSA) is 56.8 Å². The number of aryl methyl sites for hydroxylation is 1. The number of carbonyl (C=O) groups excluding carboxylic acids is 1. The Kier molecular flexibility index (Phi) is 6.90. The summed E-state index contributed by atoms with van der Waals surface area (Å²) in [6.45, 7) is 1.19. The average molecular weight is 435 g/mol. The number of hydrogen-bond donors (Lipinski definition) is 1. The zero-order valence-electron chi connectivity index (χ0n) is 18.0. The molecule has 32 heavy (non-hydrogen) atoms. The van der Waals surface area contributed by atoms with Crippen LogP contribution in [0.1, 0.15) is 40.4 Å². The van der Waals surface area contributed by atoms with E-state index in [1.54, 1.807) is 0 Å². The van der Waals surface area contributed by atoms with Gasteiger partial charge in [-0.2, -0.15) is 0 Å². The molecule has 1 heterocycles. The monoisotopic (exact) mass is 435 g/mol. The Hall–Kier alpha value is -3.54. The van der Waals surface area contributed by atoms with Gasteiger partial charge in [-0.3, -0.25) is 4.79 Å². The Balaban J connectivity index is 1.61. The molecule has 0 bridgehead atoms. The molecule has 1 amide bonds. The van der Waals surface area contributed by atoms with Crippen LogP contribution in [0, 0.1) is 5.82 Å². The summed E-state index contributed by atoms with van der Waals surface area (Å²) in [5.41, 5.74) is 2.23. The molecule has 0 saturated carbocycles. The number of amides is 1. The lowest BCUT2D eigenvalue weighted by Crippen LogP contribution is -2.29. The highest BCUT2D eigenvalue weighted by Gasteiger charge is 2.21. The van der Waals surface area contributed by atoms with Crippen LogP contribution in [-0.4, -0.2) is 26.2 Å². The van der Waals surface area contributed by atoms with Gasteiger partial charge >= 0.3 is 0 Å². The molecule has 1 atom stereocenters. The highest BCUT2D eigenvalue weighted by molar-refractivity contribution is 5.97. The number of benzene rings is 3. The summed E-state index contributed by atoms with van der Waals surface area (Å²) < 4.78 is 30.7. The van der Waals surface area contributed by atoms with Gasteiger partial charge in [-0.1, -0.05) is 36.4 Å². The Morgan fingerprint density at radius 3 is 2.59 bits per heavy atom. The highest BCUT2D eigenvalue weighted by atomic mass is 19.1. The molecule has 4 rings (SSSR count). The number of ether oxygens (including phenoxy) is 3. The maximum atomic E-state index is 13.8. The first-order valence-electron chi connectivity index (χ1n) is 10.7. The van der Waals surface area contributed by atoms with E-state index < -0.39 is 11.7 Å². The second-order valence-electron chi connectivity index (χ2n) is 7.65. The molecule has 166 valence electrons. The van der Waals surface area contributed by atoms with Crippen molar-refractivity contribution in [1.82, 2.24) is 5.32 Å². The van der Waals surface area contributed by atoms with Crippen LogP contribution in [-0.2, 0) is 6.42 Å². The molecule has 5 nitrogen and oxygen atoms in total. The minimum atomic E-state index is -0.493. The normalized spacial score (nSPS) is 13.7. The fourth-order valence-electron chi connectivity index (χ4n) is 3.77. The third-order valence-corrected chi connectivity index (χ3v) is 5.45. The molecular weight excluding hydrogens is 409 g/mol. The van der Waals surface area contributed by atoms with Crippen molar-refractivity contribution in [2.75, 3.05) is 20.3 Å². The van der Waals surface area contributed by atoms with Crippen molar-refractivity contribution < 1.29 is 23.4 Å². The molecule has 0 aromatic heterocycles. The van der Waals surface area contributed by atoms with E-state index in [2.05, 4.69) is 17.4 Å². The van der Waals surface area contributed by atoms with Crippen LogP contribution >= 0.6 is 0 Å². The summed E-state index contributed by atoms with van der Waals surface area (Å²) in [4.78, 5) is 13.1. The van der Waals surface area contributed by atoms with Gasteiger partial charge < -0.3 is 19.5 Å². The van der Waals surface area contributed by atoms with Crippen LogP contribution < -0.4 is 19.5 Å². The first kappa shape index (κ1) is 21.7. The molecule has 1 N–H and O–H groups in total. The predicted molar refractivity (Wildman–Crippen MR) is 120 cm³/mol. The van der Waals surface area contributed by atoms with Gasteiger partial charge in [0.2, 0.25) is 0 Å². The fraction of sp³-hybridized carbons (Fsp3) is 0.269. The van der Waals surface area contributed by atoms with Crippen LogP contribution in [0.25, 0.3) is 0 Å². The fourth-order valence-corrected chi connectivity index (χ4v) is 3.77. The van der Waals surface area contributed by atoms with Crippen molar-refractivity contribution in [3.8, 4) is 17.2 Å². The predicted octanol–water partition coefficient (Wildman–Crippen LogP) is 5.10. The van der Waals surface area contributed by atoms with Gasteiger partial charge in [0.15, 0.2) is 11.5 Å². The van der Waals surface area contributed by atoms with E-state index in [1.807, 2.05) is 36.4 Å². The third kappa shape index (κ3) is 5.19. The van der Waals surface area contributed by atoms with Gasteiger partial charge in [0.1, 0.15) is 11.6 Å². The standard InChI is InChI=1S/C26H26FNO4/c1-30-23-13-10-20(27)17-21(23)26(29)28-22(11-8-18-6-3-2-4-7-18)19-9-12-24-25(16-19)32-15-5-14-31-24/h2-4,6-7,9-10,12-13,16-17,22H,5,8,11,14-15H2,1H3,(H,28,29). The van der Waals surface area contributed by atoms with E-state index in [0.717, 1.165) is 18.4 Å². The van der Waals surface area contributed by atoms with Crippen molar-refractivity contribution >= 4 is 5.91 Å². The van der Waals surface area contributed by atoms with Crippen LogP contribution in [0.5, 0.6) is 17.2 Å². The number of methoxy groups -OCH3 is 1. The zero-order chi connectivity index (χ0) is 22.3. The zero-order valence-corrected chi connectivity index (χ0v) is 18.0. The molecule has 0 fully saturated rings. The highest BCUT2D eigenvalue weighted by Crippen LogP contribution is 2.34. The van der Waals surface area contributed by atoms with E-state index >= 15 is 0 Å². The van der Waals surface area contributed by atoms with E-state index in [-0.39, 0.29) is 11.6 Å². The molecule has 0 spiro atoms. The van der Waals surface area contributed by atoms with Gasteiger partial charge in [-0.25, -0.2) is 4.39 Å². The average Bonchev–Trinajstić information content (AvgIpc) is 3.07. The second kappa shape index (κ2) is 10.2. The van der Waals surface area contributed by atoms with Crippen molar-refractivity contribution in [1.29, 1.82) is 0 Å². The SMILES string of the molecule is COc1ccc(F)cc1C(=O)NC(CCc1ccccc1)c1ccc2c(c1)OCCCO2. The lowest BCUT2D eigenvalue weighted by molar-refractivity contribution is 0.0931. The van der Waals surface area contributed by atoms with Crippen LogP contribution in [0.3, 0.4) is 0 Å². The number of halogens is 1. The van der Waals surface area contributed by atoms with Crippen LogP contribution in [0.2, 0.25) is 0 Å². The molecule has 3 aromatic rings. The smallest absolute Gasteiger partial charge is 0.255 e. The van der Waals surface area contributed by atoms with Gasteiger partial charge in [-0.05, 0) is 54.3 Å². The Labute approximate surface area is 187 Å². The van der Waals surface area contributed by atoms with E-state index in [9.17, 15) is 9.18 Å². The van der Waals surface area contributed by atoms with Crippen molar-refractivity contribution in [2.45, 2.75) is 25.3 Å². The Morgan fingerprint density at radius 1 is 1.03 bits per heavy atom.